The van der Waals surface area contributed by atoms with Gasteiger partial charge in [0.1, 0.15) is 30.4 Å². The predicted octanol–water partition coefficient (Wildman–Crippen LogP) is 2.41. The molecule has 1 aromatic heterocycles. The van der Waals surface area contributed by atoms with E-state index in [9.17, 15) is 10.1 Å². The van der Waals surface area contributed by atoms with Crippen LogP contribution in [-0.2, 0) is 16.0 Å². The van der Waals surface area contributed by atoms with Crippen molar-refractivity contribution >= 4 is 11.6 Å². The molecule has 5 rings (SSSR count). The van der Waals surface area contributed by atoms with Crippen LogP contribution in [0.2, 0.25) is 0 Å². The number of aliphatic hydroxyl groups excluding tert-OH is 1. The fourth-order valence-corrected chi connectivity index (χ4v) is 4.68. The van der Waals surface area contributed by atoms with Gasteiger partial charge in [0.15, 0.2) is 0 Å². The minimum Gasteiger partial charge on any atom is -0.487 e. The molecule has 9 nitrogen and oxygen atoms in total. The first-order chi connectivity index (χ1) is 18.1. The van der Waals surface area contributed by atoms with Crippen molar-refractivity contribution in [2.45, 2.75) is 18.9 Å². The van der Waals surface area contributed by atoms with Gasteiger partial charge in [-0.15, -0.1) is 0 Å². The van der Waals surface area contributed by atoms with Crippen molar-refractivity contribution in [2.24, 2.45) is 0 Å². The predicted molar refractivity (Wildman–Crippen MR) is 137 cm³/mol. The van der Waals surface area contributed by atoms with E-state index in [2.05, 4.69) is 40.2 Å². The summed E-state index contributed by atoms with van der Waals surface area (Å²) in [4.78, 5) is 24.8. The first-order valence-corrected chi connectivity index (χ1v) is 12.5. The van der Waals surface area contributed by atoms with Gasteiger partial charge in [-0.05, 0) is 42.0 Å². The molecule has 1 atom stereocenters. The van der Waals surface area contributed by atoms with E-state index in [1.54, 1.807) is 23.2 Å². The molecule has 0 aliphatic carbocycles. The number of amides is 1. The van der Waals surface area contributed by atoms with Gasteiger partial charge >= 0.3 is 0 Å². The molecular formula is C28H29N5O4. The number of aromatic nitrogens is 2. The normalized spacial score (nSPS) is 17.5. The van der Waals surface area contributed by atoms with Gasteiger partial charge in [-0.2, -0.15) is 5.26 Å². The highest BCUT2D eigenvalue weighted by molar-refractivity contribution is 5.77. The highest BCUT2D eigenvalue weighted by atomic mass is 16.5. The Bertz CT molecular complexity index is 1280. The molecule has 2 fully saturated rings. The van der Waals surface area contributed by atoms with Crippen molar-refractivity contribution in [1.29, 1.82) is 5.26 Å². The second-order valence-corrected chi connectivity index (χ2v) is 9.15. The first-order valence-electron chi connectivity index (χ1n) is 12.5. The van der Waals surface area contributed by atoms with E-state index in [1.165, 1.54) is 5.69 Å². The topological polar surface area (TPSA) is 112 Å². The Morgan fingerprint density at radius 1 is 1.14 bits per heavy atom. The van der Waals surface area contributed by atoms with Crippen LogP contribution in [0, 0.1) is 11.3 Å². The Balaban J connectivity index is 1.26. The van der Waals surface area contributed by atoms with E-state index in [-0.39, 0.29) is 12.0 Å². The van der Waals surface area contributed by atoms with Crippen LogP contribution in [-0.4, -0.2) is 78.0 Å². The van der Waals surface area contributed by atoms with Crippen molar-refractivity contribution in [3.8, 4) is 23.1 Å². The number of rotatable bonds is 7. The number of nitriles is 1. The summed E-state index contributed by atoms with van der Waals surface area (Å²) in [6, 6.07) is 17.9. The summed E-state index contributed by atoms with van der Waals surface area (Å²) in [5.41, 5.74) is 4.26. The van der Waals surface area contributed by atoms with Crippen molar-refractivity contribution in [3.63, 3.8) is 0 Å². The number of nitrogens with zero attached hydrogens (tertiary/aromatic N) is 5. The Kier molecular flexibility index (Phi) is 7.59. The number of ether oxygens (including phenoxy) is 2. The third-order valence-electron chi connectivity index (χ3n) is 6.70. The number of carbonyl (C=O) groups excluding carboxylic acids is 1. The maximum atomic E-state index is 11.7. The molecule has 0 unspecified atom stereocenters. The fraction of sp³-hybridized carbons (Fsp3) is 0.357. The van der Waals surface area contributed by atoms with Crippen LogP contribution in [0.25, 0.3) is 11.3 Å². The number of anilines is 1. The fourth-order valence-electron chi connectivity index (χ4n) is 4.68. The Labute approximate surface area is 215 Å². The monoisotopic (exact) mass is 499 g/mol. The molecule has 9 heteroatoms. The largest absolute Gasteiger partial charge is 0.487 e. The molecule has 0 radical (unpaired) electrons. The molecule has 0 saturated carbocycles. The summed E-state index contributed by atoms with van der Waals surface area (Å²) in [7, 11) is 0. The van der Waals surface area contributed by atoms with Gasteiger partial charge in [-0.1, -0.05) is 12.1 Å². The second-order valence-electron chi connectivity index (χ2n) is 9.15. The van der Waals surface area contributed by atoms with E-state index in [4.69, 9.17) is 19.6 Å². The zero-order chi connectivity index (χ0) is 25.6. The average Bonchev–Trinajstić information content (AvgIpc) is 3.42. The van der Waals surface area contributed by atoms with Crippen LogP contribution in [0.5, 0.6) is 5.75 Å². The van der Waals surface area contributed by atoms with Crippen molar-refractivity contribution in [3.05, 3.63) is 71.7 Å². The lowest BCUT2D eigenvalue weighted by atomic mass is 10.1. The number of aliphatic hydroxyl groups is 1. The van der Waals surface area contributed by atoms with Gasteiger partial charge in [0, 0.05) is 49.9 Å². The molecule has 0 bridgehead atoms. The van der Waals surface area contributed by atoms with Gasteiger partial charge in [-0.25, -0.2) is 9.97 Å². The Hall–Kier alpha value is -4.00. The number of morpholine rings is 1. The van der Waals surface area contributed by atoms with Crippen LogP contribution in [0.3, 0.4) is 0 Å². The summed E-state index contributed by atoms with van der Waals surface area (Å²) in [6.45, 7) is 3.74. The van der Waals surface area contributed by atoms with E-state index < -0.39 is 6.61 Å². The molecule has 2 aliphatic heterocycles. The van der Waals surface area contributed by atoms with Crippen molar-refractivity contribution in [2.75, 3.05) is 50.9 Å². The van der Waals surface area contributed by atoms with E-state index in [1.807, 2.05) is 12.1 Å². The summed E-state index contributed by atoms with van der Waals surface area (Å²) in [5, 5.41) is 18.8. The highest BCUT2D eigenvalue weighted by Crippen LogP contribution is 2.28. The zero-order valence-corrected chi connectivity index (χ0v) is 20.5. The molecule has 0 spiro atoms. The van der Waals surface area contributed by atoms with Gasteiger partial charge in [0.2, 0.25) is 5.91 Å². The first kappa shape index (κ1) is 24.7. The van der Waals surface area contributed by atoms with Gasteiger partial charge in [0.05, 0.1) is 31.0 Å². The van der Waals surface area contributed by atoms with E-state index in [0.29, 0.717) is 43.1 Å². The molecule has 1 N–H and O–H groups in total. The number of likely N-dealkylation sites (tertiary alicyclic amines) is 1. The third-order valence-corrected chi connectivity index (χ3v) is 6.70. The number of hydrogen-bond donors (Lipinski definition) is 1. The average molecular weight is 500 g/mol. The van der Waals surface area contributed by atoms with E-state index >= 15 is 0 Å². The summed E-state index contributed by atoms with van der Waals surface area (Å²) >= 11 is 0. The molecule has 2 aliphatic rings. The molecule has 3 heterocycles. The molecule has 3 aromatic rings. The Morgan fingerprint density at radius 3 is 2.70 bits per heavy atom. The zero-order valence-electron chi connectivity index (χ0n) is 20.5. The van der Waals surface area contributed by atoms with Gasteiger partial charge < -0.3 is 24.4 Å². The molecular weight excluding hydrogens is 470 g/mol. The molecule has 2 saturated heterocycles. The van der Waals surface area contributed by atoms with Crippen LogP contribution in [0.15, 0.2) is 54.7 Å². The molecule has 2 aromatic carbocycles. The molecule has 37 heavy (non-hydrogen) atoms. The number of benzene rings is 2. The summed E-state index contributed by atoms with van der Waals surface area (Å²) in [6.07, 6.45) is 2.78. The standard InChI is InChI=1S/C28H29N5O4/c29-17-22-16-21(3-6-26(22)37-24-8-10-33(18-24)28(35)19-34)25-7-9-30-27(31-25)15-20-1-4-23(5-2-20)32-11-13-36-14-12-32/h1-7,9,16,24,34H,8,10-15,18-19H2/t24-/m1/s1. The second kappa shape index (κ2) is 11.4. The molecule has 190 valence electrons. The van der Waals surface area contributed by atoms with Crippen LogP contribution >= 0.6 is 0 Å². The lowest BCUT2D eigenvalue weighted by Crippen LogP contribution is -2.36. The summed E-state index contributed by atoms with van der Waals surface area (Å²) in [5.74, 6) is 0.869. The summed E-state index contributed by atoms with van der Waals surface area (Å²) < 4.78 is 11.5. The smallest absolute Gasteiger partial charge is 0.248 e. The minimum absolute atomic E-state index is 0.214. The van der Waals surface area contributed by atoms with Crippen molar-refractivity contribution in [1.82, 2.24) is 14.9 Å². The van der Waals surface area contributed by atoms with Gasteiger partial charge in [-0.3, -0.25) is 4.79 Å². The van der Waals surface area contributed by atoms with Gasteiger partial charge in [0.25, 0.3) is 0 Å². The Morgan fingerprint density at radius 2 is 1.95 bits per heavy atom. The molecule has 1 amide bonds. The number of hydrogen-bond acceptors (Lipinski definition) is 8. The maximum absolute atomic E-state index is 11.7. The van der Waals surface area contributed by atoms with Crippen LogP contribution < -0.4 is 9.64 Å². The lowest BCUT2D eigenvalue weighted by Gasteiger charge is -2.28. The van der Waals surface area contributed by atoms with Crippen LogP contribution in [0.1, 0.15) is 23.4 Å². The maximum Gasteiger partial charge on any atom is 0.248 e. The quantitative estimate of drug-likeness (QED) is 0.528. The van der Waals surface area contributed by atoms with Crippen LogP contribution in [0.4, 0.5) is 5.69 Å². The third kappa shape index (κ3) is 5.88. The highest BCUT2D eigenvalue weighted by Gasteiger charge is 2.27. The minimum atomic E-state index is -0.508. The van der Waals surface area contributed by atoms with Crippen molar-refractivity contribution < 1.29 is 19.4 Å². The van der Waals surface area contributed by atoms with E-state index in [0.717, 1.165) is 43.1 Å². The number of carbonyl (C=O) groups is 1. The SMILES string of the molecule is N#Cc1cc(-c2ccnc(Cc3ccc(N4CCOCC4)cc3)n2)ccc1O[C@@H]1CCN(C(=O)CO)C1. The lowest BCUT2D eigenvalue weighted by molar-refractivity contribution is -0.133.